The Balaban J connectivity index is 2.42. The number of aryl methyl sites for hydroxylation is 1. The molecule has 0 radical (unpaired) electrons. The van der Waals surface area contributed by atoms with Crippen molar-refractivity contribution in [3.8, 4) is 17.7 Å². The lowest BCUT2D eigenvalue weighted by molar-refractivity contribution is 0.184. The van der Waals surface area contributed by atoms with Crippen molar-refractivity contribution in [2.24, 2.45) is 0 Å². The number of nitrogens with two attached hydrogens (primary N) is 1. The maximum atomic E-state index is 9.27. The van der Waals surface area contributed by atoms with Crippen LogP contribution in [0.4, 0.5) is 5.69 Å². The minimum atomic E-state index is 0.408. The van der Waals surface area contributed by atoms with Gasteiger partial charge in [0.25, 0.3) is 0 Å². The molecule has 5 heteroatoms. The van der Waals surface area contributed by atoms with E-state index in [0.29, 0.717) is 36.3 Å². The van der Waals surface area contributed by atoms with E-state index < -0.39 is 0 Å². The molecule has 5 nitrogen and oxygen atoms in total. The fourth-order valence-corrected chi connectivity index (χ4v) is 2.35. The summed E-state index contributed by atoms with van der Waals surface area (Å²) in [6.07, 6.45) is 0. The van der Waals surface area contributed by atoms with E-state index in [2.05, 4.69) is 26.0 Å². The number of methoxy groups -OCH3 is 1. The van der Waals surface area contributed by atoms with Gasteiger partial charge >= 0.3 is 0 Å². The summed E-state index contributed by atoms with van der Waals surface area (Å²) in [6, 6.07) is 9.94. The van der Waals surface area contributed by atoms with Gasteiger partial charge in [0, 0.05) is 13.2 Å². The van der Waals surface area contributed by atoms with Gasteiger partial charge in [-0.05, 0) is 30.0 Å². The van der Waals surface area contributed by atoms with Crippen LogP contribution in [0.1, 0.15) is 36.6 Å². The molecule has 1 aromatic carbocycles. The summed E-state index contributed by atoms with van der Waals surface area (Å²) < 4.78 is 12.9. The van der Waals surface area contributed by atoms with Gasteiger partial charge < -0.3 is 15.2 Å². The van der Waals surface area contributed by atoms with Crippen LogP contribution in [0, 0.1) is 18.3 Å². The van der Waals surface area contributed by atoms with E-state index in [1.807, 2.05) is 19.1 Å². The van der Waals surface area contributed by atoms with E-state index in [4.69, 9.17) is 15.2 Å². The number of nitriles is 1. The second kappa shape index (κ2) is 7.21. The Morgan fingerprint density at radius 2 is 2.04 bits per heavy atom. The zero-order valence-corrected chi connectivity index (χ0v) is 14.1. The molecule has 1 heterocycles. The molecule has 23 heavy (non-hydrogen) atoms. The highest BCUT2D eigenvalue weighted by Crippen LogP contribution is 2.34. The summed E-state index contributed by atoms with van der Waals surface area (Å²) in [4.78, 5) is 0. The molecule has 0 aliphatic carbocycles. The van der Waals surface area contributed by atoms with Crippen LogP contribution in [-0.2, 0) is 11.3 Å². The first-order valence-electron chi connectivity index (χ1n) is 7.64. The van der Waals surface area contributed by atoms with E-state index >= 15 is 0 Å². The number of rotatable bonds is 6. The number of nitrogen functional groups attached to an aromatic ring is 1. The van der Waals surface area contributed by atoms with Crippen molar-refractivity contribution in [3.05, 3.63) is 41.1 Å². The molecule has 2 rings (SSSR count). The second-order valence-corrected chi connectivity index (χ2v) is 5.83. The molecule has 0 bridgehead atoms. The topological polar surface area (TPSA) is 73.2 Å². The largest absolute Gasteiger partial charge is 0.438 e. The Morgan fingerprint density at radius 1 is 1.30 bits per heavy atom. The Hall–Kier alpha value is -2.45. The lowest BCUT2D eigenvalue weighted by Crippen LogP contribution is -2.08. The number of ether oxygens (including phenoxy) is 2. The lowest BCUT2D eigenvalue weighted by atomic mass is 10.0. The van der Waals surface area contributed by atoms with Crippen molar-refractivity contribution >= 4 is 5.69 Å². The highest BCUT2D eigenvalue weighted by Gasteiger charge is 2.16. The quantitative estimate of drug-likeness (QED) is 0.880. The van der Waals surface area contributed by atoms with Gasteiger partial charge in [0.05, 0.1) is 18.8 Å². The van der Waals surface area contributed by atoms with Crippen LogP contribution in [0.25, 0.3) is 0 Å². The van der Waals surface area contributed by atoms with Crippen LogP contribution >= 0.6 is 0 Å². The molecule has 0 saturated carbocycles. The van der Waals surface area contributed by atoms with E-state index in [0.717, 1.165) is 11.3 Å². The van der Waals surface area contributed by atoms with Gasteiger partial charge in [-0.2, -0.15) is 5.26 Å². The van der Waals surface area contributed by atoms with E-state index in [-0.39, 0.29) is 0 Å². The Kier molecular flexibility index (Phi) is 5.30. The molecule has 1 aromatic heterocycles. The predicted octanol–water partition coefficient (Wildman–Crippen LogP) is 3.81. The van der Waals surface area contributed by atoms with Crippen LogP contribution in [0.2, 0.25) is 0 Å². The van der Waals surface area contributed by atoms with Crippen molar-refractivity contribution < 1.29 is 9.47 Å². The molecule has 0 aliphatic heterocycles. The SMILES string of the molecule is COCCn1c(C#N)cc(N)c1Oc1cc(C(C)C)ccc1C. The van der Waals surface area contributed by atoms with Gasteiger partial charge in [-0.15, -0.1) is 0 Å². The third kappa shape index (κ3) is 3.66. The van der Waals surface area contributed by atoms with Gasteiger partial charge in [-0.1, -0.05) is 26.0 Å². The second-order valence-electron chi connectivity index (χ2n) is 5.83. The highest BCUT2D eigenvalue weighted by molar-refractivity contribution is 5.57. The van der Waals surface area contributed by atoms with Crippen molar-refractivity contribution in [2.75, 3.05) is 19.5 Å². The van der Waals surface area contributed by atoms with E-state index in [9.17, 15) is 5.26 Å². The van der Waals surface area contributed by atoms with Crippen molar-refractivity contribution in [2.45, 2.75) is 33.2 Å². The lowest BCUT2D eigenvalue weighted by Gasteiger charge is -2.15. The average Bonchev–Trinajstić information content (AvgIpc) is 2.82. The first-order chi connectivity index (χ1) is 11.0. The van der Waals surface area contributed by atoms with Crippen molar-refractivity contribution in [3.63, 3.8) is 0 Å². The Labute approximate surface area is 137 Å². The predicted molar refractivity (Wildman–Crippen MR) is 90.8 cm³/mol. The van der Waals surface area contributed by atoms with Gasteiger partial charge in [-0.25, -0.2) is 0 Å². The zero-order chi connectivity index (χ0) is 17.0. The third-order valence-electron chi connectivity index (χ3n) is 3.79. The number of benzene rings is 1. The van der Waals surface area contributed by atoms with Crippen LogP contribution < -0.4 is 10.5 Å². The number of hydrogen-bond donors (Lipinski definition) is 1. The van der Waals surface area contributed by atoms with Gasteiger partial charge in [0.15, 0.2) is 0 Å². The first kappa shape index (κ1) is 16.9. The van der Waals surface area contributed by atoms with Crippen LogP contribution in [-0.4, -0.2) is 18.3 Å². The Bertz CT molecular complexity index is 727. The summed E-state index contributed by atoms with van der Waals surface area (Å²) >= 11 is 0. The number of aromatic nitrogens is 1. The highest BCUT2D eigenvalue weighted by atomic mass is 16.5. The summed E-state index contributed by atoms with van der Waals surface area (Å²) in [5.74, 6) is 1.65. The summed E-state index contributed by atoms with van der Waals surface area (Å²) in [6.45, 7) is 7.25. The monoisotopic (exact) mass is 313 g/mol. The van der Waals surface area contributed by atoms with Gasteiger partial charge in [0.1, 0.15) is 17.5 Å². The number of hydrogen-bond acceptors (Lipinski definition) is 4. The molecule has 2 N–H and O–H groups in total. The smallest absolute Gasteiger partial charge is 0.224 e. The van der Waals surface area contributed by atoms with Crippen LogP contribution in [0.15, 0.2) is 24.3 Å². The molecular weight excluding hydrogens is 290 g/mol. The molecule has 0 unspecified atom stereocenters. The van der Waals surface area contributed by atoms with Crippen molar-refractivity contribution in [1.29, 1.82) is 5.26 Å². The molecule has 0 amide bonds. The zero-order valence-electron chi connectivity index (χ0n) is 14.1. The average molecular weight is 313 g/mol. The van der Waals surface area contributed by atoms with Gasteiger partial charge in [-0.3, -0.25) is 4.57 Å². The van der Waals surface area contributed by atoms with Gasteiger partial charge in [0.2, 0.25) is 5.88 Å². The maximum absolute atomic E-state index is 9.27. The van der Waals surface area contributed by atoms with E-state index in [1.54, 1.807) is 17.7 Å². The first-order valence-corrected chi connectivity index (χ1v) is 7.64. The molecule has 0 fully saturated rings. The molecule has 0 atom stereocenters. The summed E-state index contributed by atoms with van der Waals surface area (Å²) in [5, 5.41) is 9.27. The number of anilines is 1. The molecule has 2 aromatic rings. The summed E-state index contributed by atoms with van der Waals surface area (Å²) in [5.41, 5.74) is 9.18. The minimum Gasteiger partial charge on any atom is -0.438 e. The standard InChI is InChI=1S/C18H23N3O2/c1-12(2)14-6-5-13(3)17(9-14)23-18-16(20)10-15(11-19)21(18)7-8-22-4/h5-6,9-10,12H,7-8,20H2,1-4H3. The van der Waals surface area contributed by atoms with Crippen molar-refractivity contribution in [1.82, 2.24) is 4.57 Å². The fourth-order valence-electron chi connectivity index (χ4n) is 2.35. The summed E-state index contributed by atoms with van der Waals surface area (Å²) in [7, 11) is 1.62. The molecule has 0 aliphatic rings. The van der Waals surface area contributed by atoms with E-state index in [1.165, 1.54) is 5.56 Å². The maximum Gasteiger partial charge on any atom is 0.224 e. The number of nitrogens with zero attached hydrogens (tertiary/aromatic N) is 2. The third-order valence-corrected chi connectivity index (χ3v) is 3.79. The molecule has 0 saturated heterocycles. The molecule has 122 valence electrons. The normalized spacial score (nSPS) is 10.8. The van der Waals surface area contributed by atoms with Crippen LogP contribution in [0.3, 0.4) is 0 Å². The molecular formula is C18H23N3O2. The fraction of sp³-hybridized carbons (Fsp3) is 0.389. The molecule has 0 spiro atoms. The Morgan fingerprint density at radius 3 is 2.65 bits per heavy atom. The van der Waals surface area contributed by atoms with Crippen LogP contribution in [0.5, 0.6) is 11.6 Å². The minimum absolute atomic E-state index is 0.408.